The molecule has 6 heteroatoms. The van der Waals surface area contributed by atoms with Crippen LogP contribution < -0.4 is 10.1 Å². The van der Waals surface area contributed by atoms with E-state index in [9.17, 15) is 18.7 Å². The monoisotopic (exact) mass is 349 g/mol. The molecule has 0 spiro atoms. The van der Waals surface area contributed by atoms with Gasteiger partial charge in [-0.2, -0.15) is 0 Å². The second-order valence-corrected chi connectivity index (χ2v) is 5.70. The van der Waals surface area contributed by atoms with Gasteiger partial charge >= 0.3 is 0 Å². The minimum atomic E-state index is -0.886. The van der Waals surface area contributed by atoms with Gasteiger partial charge in [-0.25, -0.2) is 8.78 Å². The van der Waals surface area contributed by atoms with E-state index in [-0.39, 0.29) is 18.9 Å². The van der Waals surface area contributed by atoms with Crippen molar-refractivity contribution in [1.29, 1.82) is 0 Å². The first-order valence-electron chi connectivity index (χ1n) is 8.02. The lowest BCUT2D eigenvalue weighted by atomic mass is 10.1. The molecule has 25 heavy (non-hydrogen) atoms. The summed E-state index contributed by atoms with van der Waals surface area (Å²) >= 11 is 0. The van der Waals surface area contributed by atoms with Crippen LogP contribution in [-0.2, 0) is 11.2 Å². The number of hydrogen-bond donors (Lipinski definition) is 2. The smallest absolute Gasteiger partial charge is 0.220 e. The van der Waals surface area contributed by atoms with Crippen molar-refractivity contribution in [1.82, 2.24) is 5.32 Å². The lowest BCUT2D eigenvalue weighted by Gasteiger charge is -2.13. The van der Waals surface area contributed by atoms with Crippen LogP contribution in [0.3, 0.4) is 0 Å². The second kappa shape index (κ2) is 9.13. The minimum absolute atomic E-state index is 0.0944. The molecule has 0 aliphatic heterocycles. The molecule has 1 amide bonds. The van der Waals surface area contributed by atoms with Crippen LogP contribution in [0.2, 0.25) is 0 Å². The Labute approximate surface area is 145 Å². The zero-order valence-electron chi connectivity index (χ0n) is 14.0. The van der Waals surface area contributed by atoms with Crippen LogP contribution in [0.1, 0.15) is 30.1 Å². The van der Waals surface area contributed by atoms with E-state index < -0.39 is 17.7 Å². The maximum absolute atomic E-state index is 13.1. The highest BCUT2D eigenvalue weighted by atomic mass is 19.2. The fourth-order valence-corrected chi connectivity index (χ4v) is 2.41. The maximum Gasteiger partial charge on any atom is 0.220 e. The molecule has 0 radical (unpaired) electrons. The first kappa shape index (κ1) is 18.9. The van der Waals surface area contributed by atoms with Crippen molar-refractivity contribution in [2.75, 3.05) is 13.7 Å². The van der Waals surface area contributed by atoms with Crippen LogP contribution in [0.15, 0.2) is 42.5 Å². The van der Waals surface area contributed by atoms with E-state index in [1.807, 2.05) is 0 Å². The Morgan fingerprint density at radius 2 is 2.00 bits per heavy atom. The number of methoxy groups -OCH3 is 1. The molecule has 0 heterocycles. The quantitative estimate of drug-likeness (QED) is 0.770. The molecule has 1 unspecified atom stereocenters. The van der Waals surface area contributed by atoms with Crippen LogP contribution >= 0.6 is 0 Å². The number of rotatable bonds is 8. The lowest BCUT2D eigenvalue weighted by molar-refractivity contribution is -0.121. The minimum Gasteiger partial charge on any atom is -0.497 e. The fourth-order valence-electron chi connectivity index (χ4n) is 2.41. The third-order valence-corrected chi connectivity index (χ3v) is 3.82. The Bertz CT molecular complexity index is 722. The highest BCUT2D eigenvalue weighted by Crippen LogP contribution is 2.18. The van der Waals surface area contributed by atoms with E-state index in [0.717, 1.165) is 12.1 Å². The van der Waals surface area contributed by atoms with E-state index >= 15 is 0 Å². The van der Waals surface area contributed by atoms with E-state index in [4.69, 9.17) is 4.74 Å². The van der Waals surface area contributed by atoms with Crippen molar-refractivity contribution in [2.45, 2.75) is 25.4 Å². The molecule has 0 aromatic heterocycles. The summed E-state index contributed by atoms with van der Waals surface area (Å²) in [4.78, 5) is 11.8. The molecule has 2 rings (SSSR count). The summed E-state index contributed by atoms with van der Waals surface area (Å²) in [6.07, 6.45) is 0.393. The summed E-state index contributed by atoms with van der Waals surface area (Å²) in [5.74, 6) is -1.34. The lowest BCUT2D eigenvalue weighted by Crippen LogP contribution is -2.28. The molecule has 1 atom stereocenters. The van der Waals surface area contributed by atoms with Crippen molar-refractivity contribution >= 4 is 5.91 Å². The van der Waals surface area contributed by atoms with Crippen molar-refractivity contribution < 1.29 is 23.4 Å². The van der Waals surface area contributed by atoms with Gasteiger partial charge in [-0.1, -0.05) is 18.2 Å². The molecule has 2 aromatic carbocycles. The number of aliphatic hydroxyl groups excluding tert-OH is 1. The molecular weight excluding hydrogens is 328 g/mol. The topological polar surface area (TPSA) is 58.6 Å². The highest BCUT2D eigenvalue weighted by molar-refractivity contribution is 5.75. The number of amides is 1. The summed E-state index contributed by atoms with van der Waals surface area (Å²) in [5, 5.41) is 12.8. The standard InChI is InChI=1S/C19H21F2NO3/c1-25-15-6-3-5-14(11-15)18(23)12-22-19(24)7-2-4-13-8-9-16(20)17(21)10-13/h3,5-6,8-11,18,23H,2,4,7,12H2,1H3,(H,22,24). The first-order valence-corrected chi connectivity index (χ1v) is 8.02. The first-order chi connectivity index (χ1) is 12.0. The fraction of sp³-hybridized carbons (Fsp3) is 0.316. The normalized spacial score (nSPS) is 11.8. The van der Waals surface area contributed by atoms with Gasteiger partial charge in [0.05, 0.1) is 13.2 Å². The van der Waals surface area contributed by atoms with Crippen LogP contribution in [0.25, 0.3) is 0 Å². The van der Waals surface area contributed by atoms with Crippen molar-refractivity contribution in [3.63, 3.8) is 0 Å². The van der Waals surface area contributed by atoms with Crippen LogP contribution in [0.5, 0.6) is 5.75 Å². The second-order valence-electron chi connectivity index (χ2n) is 5.70. The van der Waals surface area contributed by atoms with Gasteiger partial charge in [0.2, 0.25) is 5.91 Å². The molecule has 0 saturated heterocycles. The number of carbonyl (C=O) groups excluding carboxylic acids is 1. The molecule has 0 aliphatic rings. The summed E-state index contributed by atoms with van der Waals surface area (Å²) in [6.45, 7) is 0.0944. The summed E-state index contributed by atoms with van der Waals surface area (Å²) < 4.78 is 31.0. The Hall–Kier alpha value is -2.47. The van der Waals surface area contributed by atoms with Gasteiger partial charge in [-0.05, 0) is 48.2 Å². The van der Waals surface area contributed by atoms with Crippen molar-refractivity contribution in [3.8, 4) is 5.75 Å². The molecule has 134 valence electrons. The predicted octanol–water partition coefficient (Wildman–Crippen LogP) is 3.15. The number of ether oxygens (including phenoxy) is 1. The Kier molecular flexibility index (Phi) is 6.89. The molecule has 2 aromatic rings. The van der Waals surface area contributed by atoms with E-state index in [1.54, 1.807) is 31.4 Å². The largest absolute Gasteiger partial charge is 0.497 e. The van der Waals surface area contributed by atoms with E-state index in [0.29, 0.717) is 29.7 Å². The summed E-state index contributed by atoms with van der Waals surface area (Å²) in [5.41, 5.74) is 1.30. The average molecular weight is 349 g/mol. The zero-order chi connectivity index (χ0) is 18.2. The number of aliphatic hydroxyl groups is 1. The summed E-state index contributed by atoms with van der Waals surface area (Å²) in [7, 11) is 1.54. The number of aryl methyl sites for hydroxylation is 1. The maximum atomic E-state index is 13.1. The van der Waals surface area contributed by atoms with Crippen molar-refractivity contribution in [3.05, 3.63) is 65.2 Å². The Balaban J connectivity index is 1.73. The molecule has 0 bridgehead atoms. The molecule has 4 nitrogen and oxygen atoms in total. The van der Waals surface area contributed by atoms with Gasteiger partial charge in [0, 0.05) is 13.0 Å². The third-order valence-electron chi connectivity index (χ3n) is 3.82. The number of benzene rings is 2. The van der Waals surface area contributed by atoms with Gasteiger partial charge in [-0.3, -0.25) is 4.79 Å². The van der Waals surface area contributed by atoms with Gasteiger partial charge in [-0.15, -0.1) is 0 Å². The van der Waals surface area contributed by atoms with Gasteiger partial charge in [0.1, 0.15) is 5.75 Å². The van der Waals surface area contributed by atoms with Crippen molar-refractivity contribution in [2.24, 2.45) is 0 Å². The molecule has 0 aliphatic carbocycles. The van der Waals surface area contributed by atoms with Gasteiger partial charge < -0.3 is 15.2 Å². The van der Waals surface area contributed by atoms with Crippen LogP contribution in [-0.4, -0.2) is 24.7 Å². The van der Waals surface area contributed by atoms with Crippen LogP contribution in [0, 0.1) is 11.6 Å². The zero-order valence-corrected chi connectivity index (χ0v) is 14.0. The Morgan fingerprint density at radius 3 is 2.72 bits per heavy atom. The summed E-state index contributed by atoms with van der Waals surface area (Å²) in [6, 6.07) is 10.7. The predicted molar refractivity (Wildman–Crippen MR) is 90.3 cm³/mol. The highest BCUT2D eigenvalue weighted by Gasteiger charge is 2.10. The third kappa shape index (κ3) is 5.83. The number of carbonyl (C=O) groups is 1. The average Bonchev–Trinajstić information content (AvgIpc) is 2.62. The molecule has 0 fully saturated rings. The Morgan fingerprint density at radius 1 is 1.20 bits per heavy atom. The number of hydrogen-bond acceptors (Lipinski definition) is 3. The molecule has 0 saturated carbocycles. The molecule has 2 N–H and O–H groups in total. The van der Waals surface area contributed by atoms with E-state index in [2.05, 4.69) is 5.32 Å². The SMILES string of the molecule is COc1cccc(C(O)CNC(=O)CCCc2ccc(F)c(F)c2)c1. The van der Waals surface area contributed by atoms with Crippen LogP contribution in [0.4, 0.5) is 8.78 Å². The molecular formula is C19H21F2NO3. The number of nitrogens with one attached hydrogen (secondary N) is 1. The van der Waals surface area contributed by atoms with E-state index in [1.165, 1.54) is 6.07 Å². The van der Waals surface area contributed by atoms with Gasteiger partial charge in [0.25, 0.3) is 0 Å². The van der Waals surface area contributed by atoms with Gasteiger partial charge in [0.15, 0.2) is 11.6 Å². The number of halogens is 2.